The molecule has 0 N–H and O–H groups in total. The Hall–Kier alpha value is -1.84. The Kier molecular flexibility index (Phi) is 12.7. The molecule has 4 aromatic carbocycles. The number of benzene rings is 4. The van der Waals surface area contributed by atoms with E-state index < -0.39 is 65.8 Å². The molecule has 51 heavy (non-hydrogen) atoms. The molecule has 10 heteroatoms. The van der Waals surface area contributed by atoms with Gasteiger partial charge in [-0.1, -0.05) is 0 Å². The van der Waals surface area contributed by atoms with Gasteiger partial charge in [0.05, 0.1) is 0 Å². The topological polar surface area (TPSA) is 86.7 Å². The van der Waals surface area contributed by atoms with Crippen molar-refractivity contribution in [2.45, 2.75) is 105 Å². The number of hydrogen-bond acceptors (Lipinski definition) is 6. The second-order valence-corrected chi connectivity index (χ2v) is 30.3. The zero-order valence-electron chi connectivity index (χ0n) is 32.0. The fraction of sp³-hybridized carbons (Fsp3) is 0.415. The standard InChI is InChI=1S/C41H54I2O6S2/c1-38(2,3)30-13-21-34(22-14-30)42(35-23-15-31(16-24-35)39(4,5)6)48-50(44,45)29-51(46,47)49-43(36-25-17-32(18-26-36)40(7,8)9)37-27-19-33(20-28-37)41(10,11)12/h13-28H,29H2,1-12H3. The van der Waals surface area contributed by atoms with Gasteiger partial charge in [0.1, 0.15) is 0 Å². The van der Waals surface area contributed by atoms with Gasteiger partial charge in [0, 0.05) is 0 Å². The van der Waals surface area contributed by atoms with Crippen LogP contribution in [0.15, 0.2) is 97.1 Å². The van der Waals surface area contributed by atoms with Crippen molar-refractivity contribution in [1.82, 2.24) is 0 Å². The van der Waals surface area contributed by atoms with Crippen molar-refractivity contribution in [3.05, 3.63) is 134 Å². The summed E-state index contributed by atoms with van der Waals surface area (Å²) < 4.78 is 70.2. The number of rotatable bonds is 10. The van der Waals surface area contributed by atoms with Crippen LogP contribution in [0.3, 0.4) is 0 Å². The van der Waals surface area contributed by atoms with Gasteiger partial charge in [-0.25, -0.2) is 0 Å². The minimum absolute atomic E-state index is 0.0919. The Morgan fingerprint density at radius 1 is 0.373 bits per heavy atom. The summed E-state index contributed by atoms with van der Waals surface area (Å²) in [6.07, 6.45) is 0. The third-order valence-corrected chi connectivity index (χ3v) is 24.0. The van der Waals surface area contributed by atoms with Crippen molar-refractivity contribution in [2.75, 3.05) is 5.08 Å². The second-order valence-electron chi connectivity index (χ2n) is 16.9. The van der Waals surface area contributed by atoms with Crippen molar-refractivity contribution >= 4 is 60.7 Å². The molecule has 0 unspecified atom stereocenters. The molecule has 0 spiro atoms. The summed E-state index contributed by atoms with van der Waals surface area (Å²) in [6, 6.07) is 31.2. The fourth-order valence-corrected chi connectivity index (χ4v) is 20.6. The summed E-state index contributed by atoms with van der Waals surface area (Å²) in [5.41, 5.74) is 4.05. The van der Waals surface area contributed by atoms with E-state index in [1.165, 1.54) is 0 Å². The van der Waals surface area contributed by atoms with Gasteiger partial charge in [-0.15, -0.1) is 0 Å². The van der Waals surface area contributed by atoms with Crippen molar-refractivity contribution in [2.24, 2.45) is 0 Å². The van der Waals surface area contributed by atoms with Crippen LogP contribution in [0.4, 0.5) is 0 Å². The van der Waals surface area contributed by atoms with E-state index in [4.69, 9.17) is 5.03 Å². The van der Waals surface area contributed by atoms with Crippen LogP contribution in [0.25, 0.3) is 0 Å². The Morgan fingerprint density at radius 3 is 0.706 bits per heavy atom. The van der Waals surface area contributed by atoms with E-state index in [0.29, 0.717) is 0 Å². The van der Waals surface area contributed by atoms with Crippen molar-refractivity contribution in [3.8, 4) is 0 Å². The van der Waals surface area contributed by atoms with E-state index in [2.05, 4.69) is 83.1 Å². The number of halogens is 2. The van der Waals surface area contributed by atoms with Crippen molar-refractivity contribution in [1.29, 1.82) is 0 Å². The van der Waals surface area contributed by atoms with Gasteiger partial charge >= 0.3 is 326 Å². The van der Waals surface area contributed by atoms with Gasteiger partial charge in [-0.05, 0) is 0 Å². The minimum atomic E-state index is -4.59. The molecule has 0 aromatic heterocycles. The molecule has 0 amide bonds. The van der Waals surface area contributed by atoms with Gasteiger partial charge < -0.3 is 0 Å². The molecule has 0 bridgehead atoms. The average molecular weight is 961 g/mol. The van der Waals surface area contributed by atoms with E-state index in [0.717, 1.165) is 36.5 Å². The fourth-order valence-electron chi connectivity index (χ4n) is 5.06. The Bertz CT molecular complexity index is 1730. The zero-order chi connectivity index (χ0) is 38.2. The quantitative estimate of drug-likeness (QED) is 0.147. The third kappa shape index (κ3) is 11.6. The van der Waals surface area contributed by atoms with E-state index in [1.807, 2.05) is 97.1 Å². The van der Waals surface area contributed by atoms with E-state index >= 15 is 0 Å². The van der Waals surface area contributed by atoms with Crippen LogP contribution in [0.2, 0.25) is 0 Å². The second kappa shape index (κ2) is 15.5. The van der Waals surface area contributed by atoms with Crippen LogP contribution in [-0.2, 0) is 46.9 Å². The first kappa shape index (κ1) is 41.9. The zero-order valence-corrected chi connectivity index (χ0v) is 37.9. The molecule has 0 fully saturated rings. The van der Waals surface area contributed by atoms with E-state index in [-0.39, 0.29) is 21.7 Å². The summed E-state index contributed by atoms with van der Waals surface area (Å²) in [6.45, 7) is 25.4. The maximum atomic E-state index is 13.8. The predicted molar refractivity (Wildman–Crippen MR) is 228 cm³/mol. The Balaban J connectivity index is 1.69. The van der Waals surface area contributed by atoms with Crippen LogP contribution >= 0.6 is 40.5 Å². The molecule has 0 heterocycles. The molecule has 0 radical (unpaired) electrons. The molecule has 0 aliphatic rings. The van der Waals surface area contributed by atoms with Gasteiger partial charge in [0.2, 0.25) is 0 Å². The van der Waals surface area contributed by atoms with Gasteiger partial charge in [0.25, 0.3) is 0 Å². The normalized spacial score (nSPS) is 14.0. The molecule has 0 saturated carbocycles. The maximum absolute atomic E-state index is 13.8. The van der Waals surface area contributed by atoms with Crippen LogP contribution in [0.5, 0.6) is 0 Å². The molecule has 0 saturated heterocycles. The monoisotopic (exact) mass is 960 g/mol. The summed E-state index contributed by atoms with van der Waals surface area (Å²) in [5.74, 6) is 0. The molecule has 0 atom stereocenters. The van der Waals surface area contributed by atoms with Crippen LogP contribution in [0.1, 0.15) is 105 Å². The van der Waals surface area contributed by atoms with Crippen LogP contribution in [0, 0.1) is 14.3 Å². The van der Waals surface area contributed by atoms with E-state index in [9.17, 15) is 16.8 Å². The molecule has 0 aliphatic carbocycles. The number of hydrogen-bond donors (Lipinski definition) is 0. The summed E-state index contributed by atoms with van der Waals surface area (Å²) >= 11 is -6.29. The van der Waals surface area contributed by atoms with Gasteiger partial charge in [0.15, 0.2) is 0 Å². The summed E-state index contributed by atoms with van der Waals surface area (Å²) in [7, 11) is -9.18. The van der Waals surface area contributed by atoms with Gasteiger partial charge in [-0.2, -0.15) is 0 Å². The molecule has 4 rings (SSSR count). The van der Waals surface area contributed by atoms with Crippen molar-refractivity contribution in [3.63, 3.8) is 0 Å². The van der Waals surface area contributed by atoms with E-state index in [1.54, 1.807) is 0 Å². The Labute approximate surface area is 323 Å². The molecule has 6 nitrogen and oxygen atoms in total. The molecule has 0 aliphatic heterocycles. The van der Waals surface area contributed by atoms with Crippen LogP contribution in [-0.4, -0.2) is 21.9 Å². The van der Waals surface area contributed by atoms with Crippen molar-refractivity contribution < 1.29 is 21.9 Å². The Morgan fingerprint density at radius 2 is 0.549 bits per heavy atom. The molecule has 280 valence electrons. The SMILES string of the molecule is CC(C)(C)c1ccc(I(OS(=O)(=O)CS(=O)(=O)OI(c2ccc(C(C)(C)C)cc2)c2ccc(C(C)(C)C)cc2)c2ccc(C(C)(C)C)cc2)cc1. The predicted octanol–water partition coefficient (Wildman–Crippen LogP) is 11.1. The average Bonchev–Trinajstić information content (AvgIpc) is 3.01. The first-order chi connectivity index (χ1) is 23.3. The third-order valence-electron chi connectivity index (χ3n) is 8.24. The summed E-state index contributed by atoms with van der Waals surface area (Å²) in [4.78, 5) is 0. The first-order valence-electron chi connectivity index (χ1n) is 16.9. The molecular formula is C41H54I2O6S2. The molecule has 4 aromatic rings. The summed E-state index contributed by atoms with van der Waals surface area (Å²) in [5, 5.41) is -1.28. The van der Waals surface area contributed by atoms with Crippen LogP contribution < -0.4 is 0 Å². The molecular weight excluding hydrogens is 906 g/mol. The first-order valence-corrected chi connectivity index (χ1v) is 26.2. The van der Waals surface area contributed by atoms with Gasteiger partial charge in [-0.3, -0.25) is 0 Å².